The number of carbonyl (C=O) groups excluding carboxylic acids is 2. The second-order valence-electron chi connectivity index (χ2n) is 8.29. The van der Waals surface area contributed by atoms with E-state index in [0.29, 0.717) is 29.2 Å². The number of carbonyl (C=O) groups is 3. The SMILES string of the molecule is CCC[C@]1(C(=O)O)N[C@H](c2ccc(OC)cc2O)[C@H]2C(=O)N(c3ccc(OC)cc3)C(=O)[C@H]21. The van der Waals surface area contributed by atoms with Crippen LogP contribution >= 0.6 is 0 Å². The molecular formula is C24H26N2O7. The highest BCUT2D eigenvalue weighted by molar-refractivity contribution is 6.24. The Bertz CT molecular complexity index is 1100. The zero-order valence-corrected chi connectivity index (χ0v) is 18.6. The fourth-order valence-corrected chi connectivity index (χ4v) is 5.10. The molecule has 9 nitrogen and oxygen atoms in total. The van der Waals surface area contributed by atoms with Crippen LogP contribution in [-0.4, -0.2) is 47.8 Å². The summed E-state index contributed by atoms with van der Waals surface area (Å²) in [6.45, 7) is 1.82. The number of rotatable bonds is 7. The van der Waals surface area contributed by atoms with Crippen molar-refractivity contribution in [3.63, 3.8) is 0 Å². The Kier molecular flexibility index (Phi) is 5.75. The first-order valence-electron chi connectivity index (χ1n) is 10.7. The van der Waals surface area contributed by atoms with Gasteiger partial charge in [0.05, 0.1) is 31.7 Å². The zero-order chi connectivity index (χ0) is 23.9. The lowest BCUT2D eigenvalue weighted by atomic mass is 9.77. The summed E-state index contributed by atoms with van der Waals surface area (Å²) in [6.07, 6.45) is 0.625. The van der Waals surface area contributed by atoms with E-state index in [4.69, 9.17) is 9.47 Å². The van der Waals surface area contributed by atoms with Gasteiger partial charge in [-0.3, -0.25) is 19.7 Å². The summed E-state index contributed by atoms with van der Waals surface area (Å²) in [5, 5.41) is 24.0. The first-order chi connectivity index (χ1) is 15.8. The van der Waals surface area contributed by atoms with Crippen molar-refractivity contribution in [2.75, 3.05) is 19.1 Å². The molecule has 2 aromatic carbocycles. The topological polar surface area (TPSA) is 125 Å². The number of carboxylic acids is 1. The largest absolute Gasteiger partial charge is 0.507 e. The van der Waals surface area contributed by atoms with E-state index in [0.717, 1.165) is 4.90 Å². The number of benzene rings is 2. The highest BCUT2D eigenvalue weighted by atomic mass is 16.5. The molecule has 2 heterocycles. The molecule has 2 amide bonds. The van der Waals surface area contributed by atoms with Crippen LogP contribution in [0.5, 0.6) is 17.2 Å². The maximum atomic E-state index is 13.6. The normalized spacial score (nSPS) is 26.4. The number of fused-ring (bicyclic) bond motifs is 1. The average Bonchev–Trinajstić information content (AvgIpc) is 3.28. The van der Waals surface area contributed by atoms with Crippen molar-refractivity contribution in [2.24, 2.45) is 11.8 Å². The summed E-state index contributed by atoms with van der Waals surface area (Å²) >= 11 is 0. The molecule has 0 saturated carbocycles. The van der Waals surface area contributed by atoms with Crippen LogP contribution in [0.15, 0.2) is 42.5 Å². The molecule has 2 fully saturated rings. The lowest BCUT2D eigenvalue weighted by molar-refractivity contribution is -0.149. The molecule has 0 spiro atoms. The van der Waals surface area contributed by atoms with Crippen molar-refractivity contribution in [2.45, 2.75) is 31.3 Å². The van der Waals surface area contributed by atoms with Gasteiger partial charge in [-0.25, -0.2) is 4.90 Å². The van der Waals surface area contributed by atoms with Gasteiger partial charge in [0.2, 0.25) is 11.8 Å². The molecule has 9 heteroatoms. The van der Waals surface area contributed by atoms with Crippen LogP contribution in [0.25, 0.3) is 0 Å². The van der Waals surface area contributed by atoms with Crippen LogP contribution in [0.3, 0.4) is 0 Å². The molecule has 2 saturated heterocycles. The molecular weight excluding hydrogens is 428 g/mol. The average molecular weight is 454 g/mol. The highest BCUT2D eigenvalue weighted by Gasteiger charge is 2.68. The molecule has 33 heavy (non-hydrogen) atoms. The Balaban J connectivity index is 1.84. The number of nitrogens with zero attached hydrogens (tertiary/aromatic N) is 1. The Morgan fingerprint density at radius 1 is 1.06 bits per heavy atom. The number of aliphatic carboxylic acids is 1. The van der Waals surface area contributed by atoms with Gasteiger partial charge < -0.3 is 19.7 Å². The molecule has 2 aliphatic rings. The first-order valence-corrected chi connectivity index (χ1v) is 10.7. The minimum atomic E-state index is -1.65. The molecule has 3 N–H and O–H groups in total. The summed E-state index contributed by atoms with van der Waals surface area (Å²) in [6, 6.07) is 10.2. The Labute approximate surface area is 190 Å². The molecule has 0 radical (unpaired) electrons. The van der Waals surface area contributed by atoms with Gasteiger partial charge in [0, 0.05) is 17.7 Å². The summed E-state index contributed by atoms with van der Waals surface area (Å²) in [4.78, 5) is 40.8. The second kappa shape index (κ2) is 8.40. The molecule has 4 atom stereocenters. The number of hydrogen-bond acceptors (Lipinski definition) is 7. The predicted molar refractivity (Wildman–Crippen MR) is 118 cm³/mol. The van der Waals surface area contributed by atoms with E-state index < -0.39 is 41.2 Å². The van der Waals surface area contributed by atoms with Crippen molar-refractivity contribution in [1.82, 2.24) is 5.32 Å². The summed E-state index contributed by atoms with van der Waals surface area (Å²) in [7, 11) is 2.97. The molecule has 4 rings (SSSR count). The van der Waals surface area contributed by atoms with Gasteiger partial charge in [0.25, 0.3) is 0 Å². The first kappa shape index (κ1) is 22.6. The van der Waals surface area contributed by atoms with Crippen LogP contribution < -0.4 is 19.7 Å². The third kappa shape index (κ3) is 3.39. The van der Waals surface area contributed by atoms with Crippen molar-refractivity contribution < 1.29 is 34.1 Å². The number of hydrogen-bond donors (Lipinski definition) is 3. The maximum Gasteiger partial charge on any atom is 0.324 e. The van der Waals surface area contributed by atoms with Crippen LogP contribution in [0.1, 0.15) is 31.4 Å². The zero-order valence-electron chi connectivity index (χ0n) is 18.6. The third-order valence-corrected chi connectivity index (χ3v) is 6.58. The van der Waals surface area contributed by atoms with Gasteiger partial charge >= 0.3 is 5.97 Å². The summed E-state index contributed by atoms with van der Waals surface area (Å²) in [5.41, 5.74) is -0.971. The number of anilines is 1. The minimum absolute atomic E-state index is 0.145. The van der Waals surface area contributed by atoms with Crippen molar-refractivity contribution in [3.05, 3.63) is 48.0 Å². The van der Waals surface area contributed by atoms with E-state index in [-0.39, 0.29) is 12.2 Å². The number of imide groups is 1. The van der Waals surface area contributed by atoms with Gasteiger partial charge in [0.15, 0.2) is 0 Å². The third-order valence-electron chi connectivity index (χ3n) is 6.58. The quantitative estimate of drug-likeness (QED) is 0.545. The van der Waals surface area contributed by atoms with Gasteiger partial charge in [-0.1, -0.05) is 19.4 Å². The number of ether oxygens (including phenoxy) is 2. The van der Waals surface area contributed by atoms with Crippen LogP contribution in [0.2, 0.25) is 0 Å². The van der Waals surface area contributed by atoms with E-state index in [9.17, 15) is 24.6 Å². The van der Waals surface area contributed by atoms with Crippen molar-refractivity contribution >= 4 is 23.5 Å². The molecule has 0 aliphatic carbocycles. The number of phenolic OH excluding ortho intramolecular Hbond substituents is 1. The van der Waals surface area contributed by atoms with Gasteiger partial charge in [-0.15, -0.1) is 0 Å². The molecule has 0 bridgehead atoms. The number of phenols is 1. The summed E-state index contributed by atoms with van der Waals surface area (Å²) in [5.74, 6) is -3.59. The van der Waals surface area contributed by atoms with Gasteiger partial charge in [-0.05, 0) is 36.8 Å². The predicted octanol–water partition coefficient (Wildman–Crippen LogP) is 2.48. The Hall–Kier alpha value is -3.59. The minimum Gasteiger partial charge on any atom is -0.507 e. The standard InChI is InChI=1S/C24H26N2O7/c1-4-11-24(23(30)31)19-18(20(25-24)16-10-9-15(33-3)12-17(16)27)21(28)26(22(19)29)13-5-7-14(32-2)8-6-13/h5-10,12,18-20,25,27H,4,11H2,1-3H3,(H,30,31)/t18-,19-,20+,24-/m0/s1. The lowest BCUT2D eigenvalue weighted by Crippen LogP contribution is -2.55. The smallest absolute Gasteiger partial charge is 0.324 e. The van der Waals surface area contributed by atoms with Gasteiger partial charge in [-0.2, -0.15) is 0 Å². The van der Waals surface area contributed by atoms with E-state index in [2.05, 4.69) is 5.32 Å². The fraction of sp³-hybridized carbons (Fsp3) is 0.375. The van der Waals surface area contributed by atoms with E-state index in [1.807, 2.05) is 6.92 Å². The molecule has 2 aromatic rings. The van der Waals surface area contributed by atoms with Gasteiger partial charge in [0.1, 0.15) is 22.8 Å². The van der Waals surface area contributed by atoms with Crippen molar-refractivity contribution in [1.29, 1.82) is 0 Å². The number of carboxylic acid groups (broad SMARTS) is 1. The van der Waals surface area contributed by atoms with Crippen LogP contribution in [-0.2, 0) is 14.4 Å². The molecule has 174 valence electrons. The second-order valence-corrected chi connectivity index (χ2v) is 8.29. The Morgan fingerprint density at radius 2 is 1.70 bits per heavy atom. The Morgan fingerprint density at radius 3 is 2.24 bits per heavy atom. The lowest BCUT2D eigenvalue weighted by Gasteiger charge is -2.31. The van der Waals surface area contributed by atoms with E-state index in [1.54, 1.807) is 36.4 Å². The maximum absolute atomic E-state index is 13.6. The molecule has 2 aliphatic heterocycles. The number of aromatic hydroxyl groups is 1. The summed E-state index contributed by atoms with van der Waals surface area (Å²) < 4.78 is 10.3. The number of nitrogens with one attached hydrogen (secondary N) is 1. The molecule has 0 aromatic heterocycles. The number of methoxy groups -OCH3 is 2. The van der Waals surface area contributed by atoms with Crippen LogP contribution in [0, 0.1) is 11.8 Å². The fourth-order valence-electron chi connectivity index (χ4n) is 5.10. The number of amides is 2. The monoisotopic (exact) mass is 454 g/mol. The molecule has 0 unspecified atom stereocenters. The van der Waals surface area contributed by atoms with E-state index in [1.165, 1.54) is 20.3 Å². The van der Waals surface area contributed by atoms with E-state index >= 15 is 0 Å². The van der Waals surface area contributed by atoms with Crippen molar-refractivity contribution in [3.8, 4) is 17.2 Å². The highest BCUT2D eigenvalue weighted by Crippen LogP contribution is 2.52. The van der Waals surface area contributed by atoms with Crippen LogP contribution in [0.4, 0.5) is 5.69 Å².